The second-order valence-electron chi connectivity index (χ2n) is 3.39. The molecule has 107 valence electrons. The molecule has 0 aliphatic carbocycles. The van der Waals surface area contributed by atoms with Crippen molar-refractivity contribution in [2.45, 2.75) is 23.4 Å². The highest BCUT2D eigenvalue weighted by molar-refractivity contribution is 7.80. The molecule has 0 N–H and O–H groups in total. The monoisotopic (exact) mass is 313 g/mol. The van der Waals surface area contributed by atoms with Crippen molar-refractivity contribution in [3.8, 4) is 0 Å². The standard InChI is InChI=1S/C9H2F9S/c10-7(11,12)3-1-4(8(13,14)15)6(19)5(2-3)9(16,17)18/h1-2H. The summed E-state index contributed by atoms with van der Waals surface area (Å²) in [6.45, 7) is 0. The van der Waals surface area contributed by atoms with Crippen molar-refractivity contribution in [1.29, 1.82) is 0 Å². The summed E-state index contributed by atoms with van der Waals surface area (Å²) < 4.78 is 111. The summed E-state index contributed by atoms with van der Waals surface area (Å²) in [4.78, 5) is -1.70. The lowest BCUT2D eigenvalue weighted by Crippen LogP contribution is -2.17. The van der Waals surface area contributed by atoms with Crippen LogP contribution in [-0.4, -0.2) is 0 Å². The van der Waals surface area contributed by atoms with Crippen LogP contribution >= 0.6 is 12.6 Å². The second kappa shape index (κ2) is 4.43. The Bertz CT molecular complexity index is 445. The van der Waals surface area contributed by atoms with Crippen molar-refractivity contribution in [2.24, 2.45) is 0 Å². The Morgan fingerprint density at radius 1 is 0.632 bits per heavy atom. The van der Waals surface area contributed by atoms with E-state index in [2.05, 4.69) is 12.6 Å². The van der Waals surface area contributed by atoms with Gasteiger partial charge in [-0.3, -0.25) is 0 Å². The fourth-order valence-electron chi connectivity index (χ4n) is 1.21. The Kier molecular flexibility index (Phi) is 3.70. The summed E-state index contributed by atoms with van der Waals surface area (Å²) in [6.07, 6.45) is -16.2. The second-order valence-corrected chi connectivity index (χ2v) is 3.80. The maximum Gasteiger partial charge on any atom is 0.417 e. The minimum Gasteiger partial charge on any atom is -0.166 e. The van der Waals surface area contributed by atoms with Gasteiger partial charge in [0.05, 0.1) is 21.6 Å². The molecule has 0 heterocycles. The molecule has 0 unspecified atom stereocenters. The molecule has 0 atom stereocenters. The zero-order valence-corrected chi connectivity index (χ0v) is 9.28. The molecule has 1 aromatic carbocycles. The van der Waals surface area contributed by atoms with E-state index >= 15 is 0 Å². The minimum absolute atomic E-state index is 0.433. The molecule has 19 heavy (non-hydrogen) atoms. The Balaban J connectivity index is 3.68. The van der Waals surface area contributed by atoms with Crippen LogP contribution in [0.3, 0.4) is 0 Å². The van der Waals surface area contributed by atoms with Crippen LogP contribution in [0.25, 0.3) is 0 Å². The average Bonchev–Trinajstić information content (AvgIpc) is 2.11. The normalized spacial score (nSPS) is 13.7. The van der Waals surface area contributed by atoms with Gasteiger partial charge in [0.15, 0.2) is 0 Å². The van der Waals surface area contributed by atoms with Gasteiger partial charge in [0.25, 0.3) is 0 Å². The lowest BCUT2D eigenvalue weighted by atomic mass is 10.0. The predicted octanol–water partition coefficient (Wildman–Crippen LogP) is 5.30. The van der Waals surface area contributed by atoms with Crippen molar-refractivity contribution in [2.75, 3.05) is 0 Å². The lowest BCUT2D eigenvalue weighted by Gasteiger charge is -2.17. The average molecular weight is 313 g/mol. The molecule has 0 saturated carbocycles. The summed E-state index contributed by atoms with van der Waals surface area (Å²) in [7, 11) is 0. The van der Waals surface area contributed by atoms with E-state index in [1.54, 1.807) is 0 Å². The maximum atomic E-state index is 12.4. The number of benzene rings is 1. The fraction of sp³-hybridized carbons (Fsp3) is 0.333. The fourth-order valence-corrected chi connectivity index (χ4v) is 1.56. The van der Waals surface area contributed by atoms with Crippen molar-refractivity contribution in [3.05, 3.63) is 28.8 Å². The summed E-state index contributed by atoms with van der Waals surface area (Å²) in [5.74, 6) is 0. The van der Waals surface area contributed by atoms with E-state index in [1.807, 2.05) is 0 Å². The highest BCUT2D eigenvalue weighted by Gasteiger charge is 2.44. The molecule has 10 heteroatoms. The van der Waals surface area contributed by atoms with Gasteiger partial charge in [0, 0.05) is 0 Å². The Morgan fingerprint density at radius 3 is 1.16 bits per heavy atom. The summed E-state index contributed by atoms with van der Waals surface area (Å²) in [5.41, 5.74) is -6.32. The smallest absolute Gasteiger partial charge is 0.166 e. The quantitative estimate of drug-likeness (QED) is 0.570. The van der Waals surface area contributed by atoms with Crippen LogP contribution in [0.2, 0.25) is 0 Å². The SMILES string of the molecule is FC(F)(F)c1cc(C(F)(F)F)c([S])c(C(F)(F)F)c1. The molecule has 0 nitrogen and oxygen atoms in total. The van der Waals surface area contributed by atoms with Crippen LogP contribution < -0.4 is 0 Å². The van der Waals surface area contributed by atoms with Crippen LogP contribution in [0.15, 0.2) is 17.0 Å². The van der Waals surface area contributed by atoms with Gasteiger partial charge in [-0.25, -0.2) is 0 Å². The van der Waals surface area contributed by atoms with Crippen LogP contribution in [0.4, 0.5) is 39.5 Å². The van der Waals surface area contributed by atoms with E-state index in [1.165, 1.54) is 0 Å². The topological polar surface area (TPSA) is 0 Å². The van der Waals surface area contributed by atoms with E-state index in [0.717, 1.165) is 0 Å². The van der Waals surface area contributed by atoms with E-state index in [-0.39, 0.29) is 0 Å². The van der Waals surface area contributed by atoms with Crippen LogP contribution in [0, 0.1) is 0 Å². The number of alkyl halides is 9. The first-order valence-electron chi connectivity index (χ1n) is 4.31. The van der Waals surface area contributed by atoms with Crippen molar-refractivity contribution < 1.29 is 39.5 Å². The molecule has 0 saturated heterocycles. The molecule has 0 fully saturated rings. The van der Waals surface area contributed by atoms with Crippen molar-refractivity contribution in [3.63, 3.8) is 0 Å². The number of rotatable bonds is 0. The molecule has 1 rings (SSSR count). The van der Waals surface area contributed by atoms with Gasteiger partial charge < -0.3 is 0 Å². The van der Waals surface area contributed by atoms with E-state index < -0.39 is 52.2 Å². The highest BCUT2D eigenvalue weighted by atomic mass is 32.1. The molecule has 0 aliphatic rings. The zero-order valence-electron chi connectivity index (χ0n) is 8.46. The molecule has 0 aromatic heterocycles. The van der Waals surface area contributed by atoms with Crippen LogP contribution in [-0.2, 0) is 18.5 Å². The molecular formula is C9H2F9S. The van der Waals surface area contributed by atoms with Gasteiger partial charge >= 0.3 is 18.5 Å². The number of hydrogen-bond donors (Lipinski definition) is 0. The molecule has 0 spiro atoms. The van der Waals surface area contributed by atoms with Gasteiger partial charge in [0.2, 0.25) is 0 Å². The van der Waals surface area contributed by atoms with E-state index in [0.29, 0.717) is 0 Å². The lowest BCUT2D eigenvalue weighted by molar-refractivity contribution is -0.151. The third kappa shape index (κ3) is 3.43. The first-order valence-corrected chi connectivity index (χ1v) is 4.72. The molecule has 0 aliphatic heterocycles. The van der Waals surface area contributed by atoms with Crippen molar-refractivity contribution >= 4 is 12.6 Å². The minimum atomic E-state index is -5.40. The Labute approximate surface area is 105 Å². The third-order valence-corrected chi connectivity index (χ3v) is 2.47. The van der Waals surface area contributed by atoms with Crippen LogP contribution in [0.1, 0.15) is 16.7 Å². The van der Waals surface area contributed by atoms with Gasteiger partial charge in [-0.1, -0.05) is 12.6 Å². The highest BCUT2D eigenvalue weighted by Crippen LogP contribution is 2.44. The van der Waals surface area contributed by atoms with Gasteiger partial charge in [0.1, 0.15) is 0 Å². The molecule has 1 aromatic rings. The Morgan fingerprint density at radius 2 is 0.947 bits per heavy atom. The zero-order chi connectivity index (χ0) is 15.2. The predicted molar refractivity (Wildman–Crippen MR) is 47.3 cm³/mol. The molecule has 0 amide bonds. The molecular weight excluding hydrogens is 311 g/mol. The van der Waals surface area contributed by atoms with E-state index in [9.17, 15) is 39.5 Å². The largest absolute Gasteiger partial charge is 0.417 e. The van der Waals surface area contributed by atoms with Crippen molar-refractivity contribution in [1.82, 2.24) is 0 Å². The summed E-state index contributed by atoms with van der Waals surface area (Å²) in [5, 5.41) is 0. The number of halogens is 9. The first-order chi connectivity index (χ1) is 8.24. The maximum absolute atomic E-state index is 12.4. The Hall–Kier alpha value is -1.19. The summed E-state index contributed by atoms with van der Waals surface area (Å²) in [6, 6.07) is -0.866. The summed E-state index contributed by atoms with van der Waals surface area (Å²) >= 11 is 3.96. The molecule has 0 bridgehead atoms. The number of hydrogen-bond acceptors (Lipinski definition) is 0. The molecule has 1 radical (unpaired) electrons. The third-order valence-electron chi connectivity index (χ3n) is 2.03. The first kappa shape index (κ1) is 15.9. The van der Waals surface area contributed by atoms with E-state index in [4.69, 9.17) is 0 Å². The van der Waals surface area contributed by atoms with Crippen LogP contribution in [0.5, 0.6) is 0 Å². The van der Waals surface area contributed by atoms with Gasteiger partial charge in [-0.2, -0.15) is 39.5 Å². The van der Waals surface area contributed by atoms with Gasteiger partial charge in [-0.05, 0) is 12.1 Å². The van der Waals surface area contributed by atoms with Gasteiger partial charge in [-0.15, -0.1) is 0 Å².